The molecule has 2 fully saturated rings. The SMILES string of the molecule is C[C@@H]1C(O)C[C@]2(OCc3ccccc3)C[C@H](C)O[C@H]12. The second-order valence-electron chi connectivity index (χ2n) is 6.04. The van der Waals surface area contributed by atoms with Crippen molar-refractivity contribution in [3.8, 4) is 0 Å². The third-order valence-corrected chi connectivity index (χ3v) is 4.54. The molecule has 3 rings (SSSR count). The zero-order chi connectivity index (χ0) is 13.5. The van der Waals surface area contributed by atoms with E-state index in [-0.39, 0.29) is 29.8 Å². The van der Waals surface area contributed by atoms with Gasteiger partial charge in [0.2, 0.25) is 0 Å². The zero-order valence-corrected chi connectivity index (χ0v) is 11.6. The van der Waals surface area contributed by atoms with Crippen molar-refractivity contribution >= 4 is 0 Å². The van der Waals surface area contributed by atoms with E-state index in [0.29, 0.717) is 13.0 Å². The number of fused-ring (bicyclic) bond motifs is 1. The Kier molecular flexibility index (Phi) is 3.37. The molecule has 1 aliphatic carbocycles. The summed E-state index contributed by atoms with van der Waals surface area (Å²) in [6.45, 7) is 4.74. The van der Waals surface area contributed by atoms with Crippen LogP contribution in [0.15, 0.2) is 30.3 Å². The molecule has 0 amide bonds. The summed E-state index contributed by atoms with van der Waals surface area (Å²) in [5.41, 5.74) is 0.873. The second-order valence-corrected chi connectivity index (χ2v) is 6.04. The van der Waals surface area contributed by atoms with Gasteiger partial charge in [-0.25, -0.2) is 0 Å². The van der Waals surface area contributed by atoms with E-state index in [1.165, 1.54) is 5.56 Å². The summed E-state index contributed by atoms with van der Waals surface area (Å²) >= 11 is 0. The van der Waals surface area contributed by atoms with Crippen molar-refractivity contribution < 1.29 is 14.6 Å². The van der Waals surface area contributed by atoms with E-state index >= 15 is 0 Å². The number of hydrogen-bond acceptors (Lipinski definition) is 3. The van der Waals surface area contributed by atoms with Crippen LogP contribution in [0.5, 0.6) is 0 Å². The summed E-state index contributed by atoms with van der Waals surface area (Å²) in [6, 6.07) is 10.2. The first-order valence-electron chi connectivity index (χ1n) is 7.12. The molecule has 3 nitrogen and oxygen atoms in total. The highest BCUT2D eigenvalue weighted by Gasteiger charge is 2.58. The summed E-state index contributed by atoms with van der Waals surface area (Å²) in [6.07, 6.45) is 1.51. The first kappa shape index (κ1) is 13.1. The number of hydrogen-bond donors (Lipinski definition) is 1. The van der Waals surface area contributed by atoms with Gasteiger partial charge in [0.1, 0.15) is 0 Å². The lowest BCUT2D eigenvalue weighted by molar-refractivity contribution is -0.0940. The van der Waals surface area contributed by atoms with Gasteiger partial charge in [0, 0.05) is 18.8 Å². The highest BCUT2D eigenvalue weighted by atomic mass is 16.6. The fourth-order valence-electron chi connectivity index (χ4n) is 3.57. The molecule has 0 radical (unpaired) electrons. The fourth-order valence-corrected chi connectivity index (χ4v) is 3.57. The van der Waals surface area contributed by atoms with Crippen LogP contribution in [0.3, 0.4) is 0 Å². The standard InChI is InChI=1S/C16H22O3/c1-11-8-16(9-14(17)12(2)15(16)19-11)18-10-13-6-4-3-5-7-13/h3-7,11-12,14-15,17H,8-10H2,1-2H3/t11-,12+,14?,15+,16+/m0/s1. The molecule has 0 bridgehead atoms. The average molecular weight is 262 g/mol. The van der Waals surface area contributed by atoms with Crippen molar-refractivity contribution in [2.75, 3.05) is 0 Å². The highest BCUT2D eigenvalue weighted by Crippen LogP contribution is 2.48. The molecular weight excluding hydrogens is 240 g/mol. The van der Waals surface area contributed by atoms with Gasteiger partial charge in [-0.15, -0.1) is 0 Å². The van der Waals surface area contributed by atoms with Crippen molar-refractivity contribution in [2.45, 2.75) is 57.2 Å². The molecule has 0 aromatic heterocycles. The van der Waals surface area contributed by atoms with E-state index in [4.69, 9.17) is 9.47 Å². The Morgan fingerprint density at radius 3 is 2.74 bits per heavy atom. The fraction of sp³-hybridized carbons (Fsp3) is 0.625. The third-order valence-electron chi connectivity index (χ3n) is 4.54. The molecule has 3 heteroatoms. The number of benzene rings is 1. The topological polar surface area (TPSA) is 38.7 Å². The number of ether oxygens (including phenoxy) is 2. The van der Waals surface area contributed by atoms with Crippen LogP contribution >= 0.6 is 0 Å². The van der Waals surface area contributed by atoms with Crippen LogP contribution in [0, 0.1) is 5.92 Å². The van der Waals surface area contributed by atoms with Gasteiger partial charge >= 0.3 is 0 Å². The van der Waals surface area contributed by atoms with Crippen molar-refractivity contribution in [1.29, 1.82) is 0 Å². The average Bonchev–Trinajstić information content (AvgIpc) is 2.83. The zero-order valence-electron chi connectivity index (χ0n) is 11.6. The normalized spacial score (nSPS) is 41.4. The van der Waals surface area contributed by atoms with Gasteiger partial charge in [-0.3, -0.25) is 0 Å². The maximum Gasteiger partial charge on any atom is 0.1000 e. The Labute approximate surface area is 114 Å². The van der Waals surface area contributed by atoms with Crippen LogP contribution in [0.1, 0.15) is 32.3 Å². The van der Waals surface area contributed by atoms with Gasteiger partial charge in [-0.1, -0.05) is 37.3 Å². The molecule has 0 spiro atoms. The van der Waals surface area contributed by atoms with Crippen LogP contribution in [0.25, 0.3) is 0 Å². The van der Waals surface area contributed by atoms with Gasteiger partial charge < -0.3 is 14.6 Å². The molecular formula is C16H22O3. The van der Waals surface area contributed by atoms with Gasteiger partial charge in [0.25, 0.3) is 0 Å². The second kappa shape index (κ2) is 4.89. The molecule has 104 valence electrons. The Bertz CT molecular complexity index is 433. The maximum atomic E-state index is 10.1. The lowest BCUT2D eigenvalue weighted by Gasteiger charge is -2.29. The van der Waals surface area contributed by atoms with E-state index in [1.54, 1.807) is 0 Å². The van der Waals surface area contributed by atoms with Crippen LogP contribution in [0.4, 0.5) is 0 Å². The highest BCUT2D eigenvalue weighted by molar-refractivity contribution is 5.14. The smallest absolute Gasteiger partial charge is 0.1000 e. The number of aliphatic hydroxyl groups excluding tert-OH is 1. The summed E-state index contributed by atoms with van der Waals surface area (Å²) in [5.74, 6) is 0.153. The van der Waals surface area contributed by atoms with Gasteiger partial charge in [0.15, 0.2) is 0 Å². The molecule has 1 saturated carbocycles. The van der Waals surface area contributed by atoms with Gasteiger partial charge in [-0.05, 0) is 12.5 Å². The summed E-state index contributed by atoms with van der Waals surface area (Å²) < 4.78 is 12.2. The van der Waals surface area contributed by atoms with Crippen molar-refractivity contribution in [2.24, 2.45) is 5.92 Å². The van der Waals surface area contributed by atoms with E-state index < -0.39 is 0 Å². The van der Waals surface area contributed by atoms with Crippen LogP contribution in [-0.2, 0) is 16.1 Å². The minimum Gasteiger partial charge on any atom is -0.393 e. The minimum atomic E-state index is -0.312. The number of rotatable bonds is 3. The lowest BCUT2D eigenvalue weighted by atomic mass is 9.94. The first-order valence-corrected chi connectivity index (χ1v) is 7.12. The molecule has 5 atom stereocenters. The van der Waals surface area contributed by atoms with Crippen molar-refractivity contribution in [1.82, 2.24) is 0 Å². The Balaban J connectivity index is 1.74. The van der Waals surface area contributed by atoms with E-state index in [1.807, 2.05) is 18.2 Å². The summed E-state index contributed by atoms with van der Waals surface area (Å²) in [7, 11) is 0. The third kappa shape index (κ3) is 2.31. The van der Waals surface area contributed by atoms with Crippen LogP contribution in [0.2, 0.25) is 0 Å². The number of aliphatic hydroxyl groups is 1. The molecule has 1 aromatic rings. The van der Waals surface area contributed by atoms with Gasteiger partial charge in [-0.2, -0.15) is 0 Å². The molecule has 1 aromatic carbocycles. The predicted molar refractivity (Wildman–Crippen MR) is 72.7 cm³/mol. The monoisotopic (exact) mass is 262 g/mol. The van der Waals surface area contributed by atoms with E-state index in [9.17, 15) is 5.11 Å². The molecule has 1 unspecified atom stereocenters. The van der Waals surface area contributed by atoms with Crippen LogP contribution < -0.4 is 0 Å². The van der Waals surface area contributed by atoms with E-state index in [0.717, 1.165) is 6.42 Å². The maximum absolute atomic E-state index is 10.1. The molecule has 1 N–H and O–H groups in total. The molecule has 1 saturated heterocycles. The Morgan fingerprint density at radius 2 is 2.00 bits per heavy atom. The van der Waals surface area contributed by atoms with E-state index in [2.05, 4.69) is 26.0 Å². The summed E-state index contributed by atoms with van der Waals surface area (Å²) in [4.78, 5) is 0. The minimum absolute atomic E-state index is 0.0289. The first-order chi connectivity index (χ1) is 9.11. The van der Waals surface area contributed by atoms with Gasteiger partial charge in [0.05, 0.1) is 30.5 Å². The summed E-state index contributed by atoms with van der Waals surface area (Å²) in [5, 5.41) is 10.1. The molecule has 19 heavy (non-hydrogen) atoms. The van der Waals surface area contributed by atoms with Crippen molar-refractivity contribution in [3.63, 3.8) is 0 Å². The molecule has 2 aliphatic rings. The molecule has 1 heterocycles. The largest absolute Gasteiger partial charge is 0.393 e. The molecule has 1 aliphatic heterocycles. The quantitative estimate of drug-likeness (QED) is 0.909. The van der Waals surface area contributed by atoms with Crippen molar-refractivity contribution in [3.05, 3.63) is 35.9 Å². The Hall–Kier alpha value is -0.900. The lowest BCUT2D eigenvalue weighted by Crippen LogP contribution is -2.38. The van der Waals surface area contributed by atoms with Crippen LogP contribution in [-0.4, -0.2) is 29.0 Å². The predicted octanol–water partition coefficient (Wildman–Crippen LogP) is 2.52. The Morgan fingerprint density at radius 1 is 1.26 bits per heavy atom.